The van der Waals surface area contributed by atoms with Gasteiger partial charge in [0.25, 0.3) is 0 Å². The van der Waals surface area contributed by atoms with Crippen LogP contribution >= 0.6 is 24.8 Å². The molecule has 150 valence electrons. The molecule has 1 aliphatic rings. The fourth-order valence-corrected chi connectivity index (χ4v) is 3.66. The molecule has 1 amide bonds. The zero-order valence-electron chi connectivity index (χ0n) is 16.3. The maximum Gasteiger partial charge on any atom is 0.226 e. The highest BCUT2D eigenvalue weighted by molar-refractivity contribution is 5.85. The predicted octanol–water partition coefficient (Wildman–Crippen LogP) is 3.59. The maximum atomic E-state index is 12.9. The van der Waals surface area contributed by atoms with Crippen molar-refractivity contribution < 1.29 is 4.79 Å². The highest BCUT2D eigenvalue weighted by atomic mass is 35.5. The van der Waals surface area contributed by atoms with Crippen LogP contribution in [0, 0.1) is 5.92 Å². The smallest absolute Gasteiger partial charge is 0.226 e. The van der Waals surface area contributed by atoms with Crippen LogP contribution in [0.15, 0.2) is 30.3 Å². The first kappa shape index (κ1) is 25.2. The Morgan fingerprint density at radius 3 is 2.62 bits per heavy atom. The molecule has 0 aromatic heterocycles. The average molecular weight is 404 g/mol. The SMILES string of the molecule is CCCN(C(=O)C(C)CNC)C1CCCN(Cc2ccccc2)C1.Cl.Cl. The Morgan fingerprint density at radius 1 is 1.31 bits per heavy atom. The minimum Gasteiger partial charge on any atom is -0.338 e. The molecule has 1 N–H and O–H groups in total. The van der Waals surface area contributed by atoms with Crippen LogP contribution in [-0.2, 0) is 11.3 Å². The number of nitrogens with zero attached hydrogens (tertiary/aromatic N) is 2. The molecule has 0 radical (unpaired) electrons. The molecule has 0 bridgehead atoms. The van der Waals surface area contributed by atoms with Gasteiger partial charge in [-0.05, 0) is 38.4 Å². The van der Waals surface area contributed by atoms with Crippen molar-refractivity contribution in [2.45, 2.75) is 45.7 Å². The molecule has 1 fully saturated rings. The van der Waals surface area contributed by atoms with Crippen molar-refractivity contribution in [3.63, 3.8) is 0 Å². The summed E-state index contributed by atoms with van der Waals surface area (Å²) in [6.07, 6.45) is 3.32. The van der Waals surface area contributed by atoms with E-state index in [2.05, 4.69) is 52.4 Å². The summed E-state index contributed by atoms with van der Waals surface area (Å²) in [5.41, 5.74) is 1.36. The Morgan fingerprint density at radius 2 is 2.00 bits per heavy atom. The molecule has 2 unspecified atom stereocenters. The van der Waals surface area contributed by atoms with Gasteiger partial charge in [0.1, 0.15) is 0 Å². The van der Waals surface area contributed by atoms with E-state index in [1.54, 1.807) is 0 Å². The van der Waals surface area contributed by atoms with Crippen molar-refractivity contribution >= 4 is 30.7 Å². The lowest BCUT2D eigenvalue weighted by molar-refractivity contribution is -0.138. The summed E-state index contributed by atoms with van der Waals surface area (Å²) in [6.45, 7) is 8.92. The molecular weight excluding hydrogens is 369 g/mol. The Kier molecular flexibility index (Phi) is 13.0. The van der Waals surface area contributed by atoms with Gasteiger partial charge in [-0.2, -0.15) is 0 Å². The molecule has 4 nitrogen and oxygen atoms in total. The van der Waals surface area contributed by atoms with Gasteiger partial charge in [-0.15, -0.1) is 24.8 Å². The molecule has 1 saturated heterocycles. The number of amides is 1. The molecule has 1 aromatic carbocycles. The van der Waals surface area contributed by atoms with Gasteiger partial charge in [0.05, 0.1) is 0 Å². The summed E-state index contributed by atoms with van der Waals surface area (Å²) < 4.78 is 0. The second kappa shape index (κ2) is 13.4. The van der Waals surface area contributed by atoms with Crippen molar-refractivity contribution in [2.75, 3.05) is 33.2 Å². The normalized spacial score (nSPS) is 18.3. The Balaban J connectivity index is 0.00000312. The zero-order chi connectivity index (χ0) is 17.4. The monoisotopic (exact) mass is 403 g/mol. The van der Waals surface area contributed by atoms with Crippen LogP contribution < -0.4 is 5.32 Å². The van der Waals surface area contributed by atoms with Crippen LogP contribution in [0.1, 0.15) is 38.7 Å². The number of hydrogen-bond acceptors (Lipinski definition) is 3. The Labute approximate surface area is 171 Å². The van der Waals surface area contributed by atoms with Gasteiger partial charge in [0, 0.05) is 38.1 Å². The molecule has 0 aliphatic carbocycles. The zero-order valence-corrected chi connectivity index (χ0v) is 18.0. The first-order valence-electron chi connectivity index (χ1n) is 9.37. The fourth-order valence-electron chi connectivity index (χ4n) is 3.66. The summed E-state index contributed by atoms with van der Waals surface area (Å²) in [5.74, 6) is 0.351. The van der Waals surface area contributed by atoms with Crippen LogP contribution in [0.4, 0.5) is 0 Å². The van der Waals surface area contributed by atoms with Crippen molar-refractivity contribution in [1.82, 2.24) is 15.1 Å². The van der Waals surface area contributed by atoms with Crippen LogP contribution in [0.2, 0.25) is 0 Å². The minimum atomic E-state index is 0. The van der Waals surface area contributed by atoms with E-state index in [1.165, 1.54) is 12.0 Å². The van der Waals surface area contributed by atoms with E-state index < -0.39 is 0 Å². The molecule has 1 aromatic rings. The maximum absolute atomic E-state index is 12.9. The lowest BCUT2D eigenvalue weighted by Crippen LogP contribution is -2.52. The van der Waals surface area contributed by atoms with E-state index in [4.69, 9.17) is 0 Å². The molecular formula is C20H35Cl2N3O. The minimum absolute atomic E-state index is 0. The summed E-state index contributed by atoms with van der Waals surface area (Å²) in [7, 11) is 1.91. The average Bonchev–Trinajstić information content (AvgIpc) is 2.60. The summed E-state index contributed by atoms with van der Waals surface area (Å²) >= 11 is 0. The molecule has 1 aliphatic heterocycles. The number of nitrogens with one attached hydrogen (secondary N) is 1. The predicted molar refractivity (Wildman–Crippen MR) is 114 cm³/mol. The quantitative estimate of drug-likeness (QED) is 0.719. The van der Waals surface area contributed by atoms with Gasteiger partial charge in [-0.25, -0.2) is 0 Å². The van der Waals surface area contributed by atoms with Gasteiger partial charge in [-0.1, -0.05) is 44.2 Å². The standard InChI is InChI=1S/C20H33N3O.2ClH/c1-4-12-23(20(24)17(2)14-21-3)19-11-8-13-22(16-19)15-18-9-6-5-7-10-18;;/h5-7,9-10,17,19,21H,4,8,11-16H2,1-3H3;2*1H. The van der Waals surface area contributed by atoms with Crippen LogP contribution in [-0.4, -0.2) is 55.0 Å². The molecule has 1 heterocycles. The topological polar surface area (TPSA) is 35.6 Å². The molecule has 2 atom stereocenters. The van der Waals surface area contributed by atoms with Crippen molar-refractivity contribution in [3.05, 3.63) is 35.9 Å². The number of carbonyl (C=O) groups excluding carboxylic acids is 1. The van der Waals surface area contributed by atoms with Crippen LogP contribution in [0.5, 0.6) is 0 Å². The molecule has 6 heteroatoms. The second-order valence-electron chi connectivity index (χ2n) is 7.01. The lowest BCUT2D eigenvalue weighted by Gasteiger charge is -2.40. The third kappa shape index (κ3) is 7.43. The van der Waals surface area contributed by atoms with Crippen molar-refractivity contribution in [3.8, 4) is 0 Å². The highest BCUT2D eigenvalue weighted by Gasteiger charge is 2.30. The van der Waals surface area contributed by atoms with Gasteiger partial charge in [0.2, 0.25) is 5.91 Å². The van der Waals surface area contributed by atoms with Crippen molar-refractivity contribution in [1.29, 1.82) is 0 Å². The number of halogens is 2. The third-order valence-electron chi connectivity index (χ3n) is 4.85. The van der Waals surface area contributed by atoms with E-state index in [-0.39, 0.29) is 30.7 Å². The van der Waals surface area contributed by atoms with Gasteiger partial charge in [0.15, 0.2) is 0 Å². The van der Waals surface area contributed by atoms with E-state index >= 15 is 0 Å². The van der Waals surface area contributed by atoms with Crippen molar-refractivity contribution in [2.24, 2.45) is 5.92 Å². The highest BCUT2D eigenvalue weighted by Crippen LogP contribution is 2.20. The third-order valence-corrected chi connectivity index (χ3v) is 4.85. The number of likely N-dealkylation sites (tertiary alicyclic amines) is 1. The second-order valence-corrected chi connectivity index (χ2v) is 7.01. The number of benzene rings is 1. The lowest BCUT2D eigenvalue weighted by atomic mass is 10.0. The number of piperidine rings is 1. The molecule has 2 rings (SSSR count). The van der Waals surface area contributed by atoms with E-state index in [1.807, 2.05) is 14.0 Å². The molecule has 26 heavy (non-hydrogen) atoms. The summed E-state index contributed by atoms with van der Waals surface area (Å²) in [4.78, 5) is 17.5. The number of rotatable bonds is 8. The van der Waals surface area contributed by atoms with Gasteiger partial charge < -0.3 is 10.2 Å². The number of carbonyl (C=O) groups is 1. The van der Waals surface area contributed by atoms with Gasteiger partial charge >= 0.3 is 0 Å². The Hall–Kier alpha value is -0.810. The first-order chi connectivity index (χ1) is 11.7. The van der Waals surface area contributed by atoms with E-state index in [0.717, 1.165) is 45.6 Å². The molecule has 0 saturated carbocycles. The molecule has 0 spiro atoms. The largest absolute Gasteiger partial charge is 0.338 e. The number of hydrogen-bond donors (Lipinski definition) is 1. The Bertz CT molecular complexity index is 501. The summed E-state index contributed by atoms with van der Waals surface area (Å²) in [5, 5.41) is 3.13. The van der Waals surface area contributed by atoms with Gasteiger partial charge in [-0.3, -0.25) is 9.69 Å². The van der Waals surface area contributed by atoms with Crippen LogP contribution in [0.25, 0.3) is 0 Å². The first-order valence-corrected chi connectivity index (χ1v) is 9.37. The van der Waals surface area contributed by atoms with Crippen LogP contribution in [0.3, 0.4) is 0 Å². The van der Waals surface area contributed by atoms with E-state index in [0.29, 0.717) is 11.9 Å². The van der Waals surface area contributed by atoms with E-state index in [9.17, 15) is 4.79 Å². The fraction of sp³-hybridized carbons (Fsp3) is 0.650. The summed E-state index contributed by atoms with van der Waals surface area (Å²) in [6, 6.07) is 11.0.